The van der Waals surface area contributed by atoms with Crippen molar-refractivity contribution >= 4 is 5.91 Å². The van der Waals surface area contributed by atoms with Crippen molar-refractivity contribution in [3.05, 3.63) is 47.1 Å². The van der Waals surface area contributed by atoms with E-state index < -0.39 is 0 Å². The molecule has 0 fully saturated rings. The van der Waals surface area contributed by atoms with Crippen LogP contribution in [0.1, 0.15) is 73.7 Å². The third-order valence-corrected chi connectivity index (χ3v) is 4.59. The molecule has 0 saturated heterocycles. The number of carbonyl (C=O) groups excluding carboxylic acids is 1. The van der Waals surface area contributed by atoms with Crippen LogP contribution in [0.2, 0.25) is 0 Å². The van der Waals surface area contributed by atoms with Crippen LogP contribution in [0.4, 0.5) is 0 Å². The van der Waals surface area contributed by atoms with Crippen LogP contribution < -0.4 is 0 Å². The Morgan fingerprint density at radius 3 is 2.61 bits per heavy atom. The topological polar surface area (TPSA) is 59.2 Å². The van der Waals surface area contributed by atoms with Crippen LogP contribution in [0.5, 0.6) is 0 Å². The predicted octanol–water partition coefficient (Wildman–Crippen LogP) is 3.94. The minimum absolute atomic E-state index is 0.0511. The van der Waals surface area contributed by atoms with Crippen molar-refractivity contribution in [1.29, 1.82) is 0 Å². The van der Waals surface area contributed by atoms with E-state index in [-0.39, 0.29) is 23.8 Å². The molecule has 0 radical (unpaired) electrons. The van der Waals surface area contributed by atoms with Gasteiger partial charge in [-0.15, -0.1) is 0 Å². The lowest BCUT2D eigenvalue weighted by atomic mass is 9.97. The molecule has 122 valence electrons. The van der Waals surface area contributed by atoms with E-state index in [1.807, 2.05) is 43.0 Å². The molecule has 1 aromatic carbocycles. The number of fused-ring (bicyclic) bond motifs is 1. The molecule has 1 aromatic heterocycles. The lowest BCUT2D eigenvalue weighted by molar-refractivity contribution is 0.0578. The molecule has 5 heteroatoms. The number of rotatable bonds is 5. The zero-order chi connectivity index (χ0) is 16.6. The van der Waals surface area contributed by atoms with E-state index in [9.17, 15) is 4.79 Å². The number of hydrogen-bond acceptors (Lipinski definition) is 4. The molecule has 2 heterocycles. The highest BCUT2D eigenvalue weighted by atomic mass is 16.5. The summed E-state index contributed by atoms with van der Waals surface area (Å²) in [6, 6.07) is 7.59. The van der Waals surface area contributed by atoms with Crippen molar-refractivity contribution in [1.82, 2.24) is 15.0 Å². The van der Waals surface area contributed by atoms with Gasteiger partial charge in [0, 0.05) is 18.0 Å². The van der Waals surface area contributed by atoms with Crippen LogP contribution in [0.3, 0.4) is 0 Å². The van der Waals surface area contributed by atoms with Gasteiger partial charge < -0.3 is 9.42 Å². The maximum Gasteiger partial charge on any atom is 0.255 e. The van der Waals surface area contributed by atoms with E-state index in [2.05, 4.69) is 24.0 Å². The molecule has 1 aliphatic rings. The van der Waals surface area contributed by atoms with Gasteiger partial charge in [-0.3, -0.25) is 4.79 Å². The van der Waals surface area contributed by atoms with Gasteiger partial charge in [-0.05, 0) is 17.5 Å². The van der Waals surface area contributed by atoms with Gasteiger partial charge in [0.25, 0.3) is 5.91 Å². The van der Waals surface area contributed by atoms with Crippen molar-refractivity contribution in [2.45, 2.75) is 52.6 Å². The molecule has 1 aliphatic heterocycles. The van der Waals surface area contributed by atoms with E-state index in [0.717, 1.165) is 17.5 Å². The quantitative estimate of drug-likeness (QED) is 0.839. The first kappa shape index (κ1) is 15.7. The van der Waals surface area contributed by atoms with Crippen molar-refractivity contribution in [3.63, 3.8) is 0 Å². The summed E-state index contributed by atoms with van der Waals surface area (Å²) in [5, 5.41) is 4.07. The third-order valence-electron chi connectivity index (χ3n) is 4.59. The summed E-state index contributed by atoms with van der Waals surface area (Å²) < 4.78 is 5.52. The van der Waals surface area contributed by atoms with Gasteiger partial charge in [0.1, 0.15) is 6.04 Å². The Kier molecular flexibility index (Phi) is 4.20. The summed E-state index contributed by atoms with van der Waals surface area (Å²) in [5.74, 6) is 1.74. The van der Waals surface area contributed by atoms with Crippen molar-refractivity contribution in [2.24, 2.45) is 5.92 Å². The van der Waals surface area contributed by atoms with Crippen LogP contribution in [0.15, 0.2) is 28.8 Å². The average molecular weight is 313 g/mol. The summed E-state index contributed by atoms with van der Waals surface area (Å²) in [7, 11) is 0. The van der Waals surface area contributed by atoms with Gasteiger partial charge >= 0.3 is 0 Å². The number of amides is 1. The van der Waals surface area contributed by atoms with Gasteiger partial charge in [0.2, 0.25) is 5.89 Å². The fraction of sp³-hybridized carbons (Fsp3) is 0.500. The first-order chi connectivity index (χ1) is 11.0. The van der Waals surface area contributed by atoms with E-state index in [4.69, 9.17) is 4.52 Å². The van der Waals surface area contributed by atoms with Crippen LogP contribution in [0.25, 0.3) is 0 Å². The highest BCUT2D eigenvalue weighted by Gasteiger charge is 2.38. The summed E-state index contributed by atoms with van der Waals surface area (Å²) in [6.45, 7) is 8.90. The van der Waals surface area contributed by atoms with E-state index >= 15 is 0 Å². The number of benzene rings is 1. The molecule has 2 atom stereocenters. The number of carbonyl (C=O) groups is 1. The Morgan fingerprint density at radius 2 is 2.00 bits per heavy atom. The summed E-state index contributed by atoms with van der Waals surface area (Å²) in [6.07, 6.45) is 0.935. The smallest absolute Gasteiger partial charge is 0.255 e. The second-order valence-corrected chi connectivity index (χ2v) is 6.57. The second-order valence-electron chi connectivity index (χ2n) is 6.57. The highest BCUT2D eigenvalue weighted by molar-refractivity contribution is 5.98. The van der Waals surface area contributed by atoms with Gasteiger partial charge in [-0.2, -0.15) is 4.98 Å². The standard InChI is InChI=1S/C18H23N3O2/c1-5-12(4)15(17-19-16(11(2)3)20-23-17)21-10-13-8-6-7-9-14(13)18(21)22/h6-9,11-12,15H,5,10H2,1-4H3/t12-,15-/m0/s1. The normalized spacial score (nSPS) is 16.7. The summed E-state index contributed by atoms with van der Waals surface area (Å²) >= 11 is 0. The highest BCUT2D eigenvalue weighted by Crippen LogP contribution is 2.36. The predicted molar refractivity (Wildman–Crippen MR) is 86.9 cm³/mol. The SMILES string of the molecule is CC[C@H](C)[C@@H](c1nc(C(C)C)no1)N1Cc2ccccc2C1=O. The maximum atomic E-state index is 12.8. The summed E-state index contributed by atoms with van der Waals surface area (Å²) in [4.78, 5) is 19.2. The molecule has 0 N–H and O–H groups in total. The number of aromatic nitrogens is 2. The zero-order valence-electron chi connectivity index (χ0n) is 14.1. The Labute approximate surface area is 136 Å². The lowest BCUT2D eigenvalue weighted by Gasteiger charge is -2.29. The minimum Gasteiger partial charge on any atom is -0.337 e. The molecule has 2 aromatic rings. The van der Waals surface area contributed by atoms with Gasteiger partial charge in [0.15, 0.2) is 5.82 Å². The van der Waals surface area contributed by atoms with Crippen LogP contribution in [0, 0.1) is 5.92 Å². The van der Waals surface area contributed by atoms with Crippen molar-refractivity contribution < 1.29 is 9.32 Å². The van der Waals surface area contributed by atoms with Crippen molar-refractivity contribution in [3.8, 4) is 0 Å². The van der Waals surface area contributed by atoms with Crippen LogP contribution >= 0.6 is 0 Å². The molecular formula is C18H23N3O2. The molecule has 0 unspecified atom stereocenters. The van der Waals surface area contributed by atoms with E-state index in [1.165, 1.54) is 0 Å². The molecule has 3 rings (SSSR count). The Hall–Kier alpha value is -2.17. The molecule has 0 saturated carbocycles. The lowest BCUT2D eigenvalue weighted by Crippen LogP contribution is -2.33. The monoisotopic (exact) mass is 313 g/mol. The van der Waals surface area contributed by atoms with Gasteiger partial charge in [-0.25, -0.2) is 0 Å². The molecule has 23 heavy (non-hydrogen) atoms. The Morgan fingerprint density at radius 1 is 1.26 bits per heavy atom. The molecule has 0 aliphatic carbocycles. The van der Waals surface area contributed by atoms with Crippen molar-refractivity contribution in [2.75, 3.05) is 0 Å². The van der Waals surface area contributed by atoms with Crippen LogP contribution in [-0.4, -0.2) is 20.9 Å². The fourth-order valence-corrected chi connectivity index (χ4v) is 3.01. The second kappa shape index (κ2) is 6.14. The first-order valence-electron chi connectivity index (χ1n) is 8.25. The Bertz CT molecular complexity index is 708. The molecule has 0 bridgehead atoms. The number of hydrogen-bond donors (Lipinski definition) is 0. The van der Waals surface area contributed by atoms with E-state index in [0.29, 0.717) is 18.3 Å². The minimum atomic E-state index is -0.181. The zero-order valence-corrected chi connectivity index (χ0v) is 14.1. The molecule has 0 spiro atoms. The van der Waals surface area contributed by atoms with E-state index in [1.54, 1.807) is 0 Å². The Balaban J connectivity index is 1.96. The molecular weight excluding hydrogens is 290 g/mol. The molecule has 1 amide bonds. The fourth-order valence-electron chi connectivity index (χ4n) is 3.01. The largest absolute Gasteiger partial charge is 0.337 e. The first-order valence-corrected chi connectivity index (χ1v) is 8.25. The van der Waals surface area contributed by atoms with Gasteiger partial charge in [-0.1, -0.05) is 57.5 Å². The van der Waals surface area contributed by atoms with Crippen LogP contribution in [-0.2, 0) is 6.54 Å². The third kappa shape index (κ3) is 2.76. The average Bonchev–Trinajstić information content (AvgIpc) is 3.14. The van der Waals surface area contributed by atoms with Gasteiger partial charge in [0.05, 0.1) is 0 Å². The maximum absolute atomic E-state index is 12.8. The molecule has 5 nitrogen and oxygen atoms in total. The number of nitrogens with zero attached hydrogens (tertiary/aromatic N) is 3. The summed E-state index contributed by atoms with van der Waals surface area (Å²) in [5.41, 5.74) is 1.85.